The number of rotatable bonds is 8. The smallest absolute Gasteiger partial charge is 0.0374 e. The number of likely N-dealkylation sites (N-methyl/N-ethyl adjacent to an activating group) is 2. The summed E-state index contributed by atoms with van der Waals surface area (Å²) in [4.78, 5) is 4.81. The highest BCUT2D eigenvalue weighted by molar-refractivity contribution is 5.32. The molecule has 0 unspecified atom stereocenters. The zero-order chi connectivity index (χ0) is 16.5. The maximum absolute atomic E-state index is 5.95. The number of hydrogen-bond acceptors (Lipinski definition) is 3. The second-order valence-electron chi connectivity index (χ2n) is 5.99. The van der Waals surface area contributed by atoms with Gasteiger partial charge in [-0.05, 0) is 37.6 Å². The topological polar surface area (TPSA) is 32.5 Å². The first kappa shape index (κ1) is 17.5. The molecule has 0 heterocycles. The van der Waals surface area contributed by atoms with Gasteiger partial charge in [0, 0.05) is 38.4 Å². The minimum absolute atomic E-state index is 0.625. The summed E-state index contributed by atoms with van der Waals surface area (Å²) in [5.74, 6) is 0. The van der Waals surface area contributed by atoms with Gasteiger partial charge in [-0.3, -0.25) is 0 Å². The fraction of sp³-hybridized carbons (Fsp3) is 0.400. The van der Waals surface area contributed by atoms with Crippen molar-refractivity contribution in [2.24, 2.45) is 5.73 Å². The first-order valence-corrected chi connectivity index (χ1v) is 8.47. The number of hydrogen-bond donors (Lipinski definition) is 1. The highest BCUT2D eigenvalue weighted by Crippen LogP contribution is 2.18. The molecule has 0 bridgehead atoms. The third kappa shape index (κ3) is 5.38. The van der Waals surface area contributed by atoms with E-state index in [4.69, 9.17) is 5.73 Å². The largest absolute Gasteiger partial charge is 0.371 e. The highest BCUT2D eigenvalue weighted by atomic mass is 15.2. The first-order chi connectivity index (χ1) is 11.2. The average molecular weight is 311 g/mol. The van der Waals surface area contributed by atoms with Crippen LogP contribution in [0.5, 0.6) is 0 Å². The Morgan fingerprint density at radius 3 is 2.57 bits per heavy atom. The molecule has 3 nitrogen and oxygen atoms in total. The molecule has 0 saturated carbocycles. The standard InChI is InChI=1S/C20H29N3/c1-3-23(20-13-9-5-8-12-19(20)16-21)15-14-22(2)17-18-10-6-4-7-11-18/h4-11,13H,3,12,14-17,21H2,1-2H3. The van der Waals surface area contributed by atoms with Crippen LogP contribution in [0.15, 0.2) is 65.9 Å². The molecule has 2 N–H and O–H groups in total. The second kappa shape index (κ2) is 9.33. The van der Waals surface area contributed by atoms with Crippen molar-refractivity contribution in [3.8, 4) is 0 Å². The van der Waals surface area contributed by atoms with Crippen LogP contribution in [0, 0.1) is 0 Å². The second-order valence-corrected chi connectivity index (χ2v) is 5.99. The van der Waals surface area contributed by atoms with Crippen molar-refractivity contribution in [1.29, 1.82) is 0 Å². The summed E-state index contributed by atoms with van der Waals surface area (Å²) in [6.45, 7) is 6.88. The SMILES string of the molecule is CCN(CCN(C)Cc1ccccc1)C1=C(CN)CC=CC=C1. The van der Waals surface area contributed by atoms with Crippen LogP contribution >= 0.6 is 0 Å². The van der Waals surface area contributed by atoms with E-state index < -0.39 is 0 Å². The molecule has 0 saturated heterocycles. The van der Waals surface area contributed by atoms with E-state index in [0.717, 1.165) is 32.6 Å². The molecule has 3 heteroatoms. The molecule has 124 valence electrons. The van der Waals surface area contributed by atoms with E-state index in [2.05, 4.69) is 78.4 Å². The molecule has 0 aromatic heterocycles. The summed E-state index contributed by atoms with van der Waals surface area (Å²) in [5.41, 5.74) is 9.93. The van der Waals surface area contributed by atoms with Crippen LogP contribution in [-0.4, -0.2) is 43.0 Å². The molecular weight excluding hydrogens is 282 g/mol. The summed E-state index contributed by atoms with van der Waals surface area (Å²) in [5, 5.41) is 0. The van der Waals surface area contributed by atoms with Gasteiger partial charge in [0.15, 0.2) is 0 Å². The van der Waals surface area contributed by atoms with Crippen molar-refractivity contribution in [1.82, 2.24) is 9.80 Å². The maximum atomic E-state index is 5.95. The predicted molar refractivity (Wildman–Crippen MR) is 99.0 cm³/mol. The normalized spacial score (nSPS) is 14.4. The van der Waals surface area contributed by atoms with Gasteiger partial charge in [-0.15, -0.1) is 0 Å². The molecular formula is C20H29N3. The lowest BCUT2D eigenvalue weighted by atomic mass is 10.1. The molecule has 0 fully saturated rings. The fourth-order valence-corrected chi connectivity index (χ4v) is 2.89. The Hall–Kier alpha value is -1.84. The molecule has 23 heavy (non-hydrogen) atoms. The summed E-state index contributed by atoms with van der Waals surface area (Å²) >= 11 is 0. The number of allylic oxidation sites excluding steroid dienone is 4. The molecule has 1 aromatic carbocycles. The van der Waals surface area contributed by atoms with Crippen molar-refractivity contribution >= 4 is 0 Å². The zero-order valence-electron chi connectivity index (χ0n) is 14.4. The van der Waals surface area contributed by atoms with Crippen molar-refractivity contribution < 1.29 is 0 Å². The molecule has 1 aliphatic carbocycles. The lowest BCUT2D eigenvalue weighted by Gasteiger charge is -2.29. The molecule has 0 atom stereocenters. The van der Waals surface area contributed by atoms with Crippen molar-refractivity contribution in [2.75, 3.05) is 33.2 Å². The van der Waals surface area contributed by atoms with Gasteiger partial charge in [0.2, 0.25) is 0 Å². The lowest BCUT2D eigenvalue weighted by molar-refractivity contribution is 0.265. The van der Waals surface area contributed by atoms with Crippen LogP contribution in [0.4, 0.5) is 0 Å². The van der Waals surface area contributed by atoms with E-state index >= 15 is 0 Å². The Labute approximate surface area is 140 Å². The Morgan fingerprint density at radius 1 is 1.09 bits per heavy atom. The molecule has 0 radical (unpaired) electrons. The third-order valence-electron chi connectivity index (χ3n) is 4.24. The van der Waals surface area contributed by atoms with E-state index in [0.29, 0.717) is 6.54 Å². The van der Waals surface area contributed by atoms with E-state index in [-0.39, 0.29) is 0 Å². The van der Waals surface area contributed by atoms with Gasteiger partial charge in [-0.1, -0.05) is 48.6 Å². The van der Waals surface area contributed by atoms with Crippen LogP contribution in [0.2, 0.25) is 0 Å². The predicted octanol–water partition coefficient (Wildman–Crippen LogP) is 3.17. The number of nitrogens with two attached hydrogens (primary N) is 1. The Kier molecular flexibility index (Phi) is 7.11. The van der Waals surface area contributed by atoms with Gasteiger partial charge in [0.1, 0.15) is 0 Å². The van der Waals surface area contributed by atoms with Crippen LogP contribution < -0.4 is 5.73 Å². The van der Waals surface area contributed by atoms with Crippen LogP contribution in [0.3, 0.4) is 0 Å². The summed E-state index contributed by atoms with van der Waals surface area (Å²) < 4.78 is 0. The fourth-order valence-electron chi connectivity index (χ4n) is 2.89. The van der Waals surface area contributed by atoms with Crippen LogP contribution in [0.25, 0.3) is 0 Å². The summed E-state index contributed by atoms with van der Waals surface area (Å²) in [7, 11) is 2.18. The van der Waals surface area contributed by atoms with Gasteiger partial charge in [-0.2, -0.15) is 0 Å². The van der Waals surface area contributed by atoms with E-state index in [1.54, 1.807) is 0 Å². The molecule has 0 aliphatic heterocycles. The molecule has 0 spiro atoms. The minimum atomic E-state index is 0.625. The van der Waals surface area contributed by atoms with Gasteiger partial charge in [0.25, 0.3) is 0 Å². The highest BCUT2D eigenvalue weighted by Gasteiger charge is 2.12. The molecule has 1 aliphatic rings. The Bertz CT molecular complexity index is 558. The van der Waals surface area contributed by atoms with Crippen LogP contribution in [0.1, 0.15) is 18.9 Å². The van der Waals surface area contributed by atoms with Crippen LogP contribution in [-0.2, 0) is 6.54 Å². The minimum Gasteiger partial charge on any atom is -0.371 e. The summed E-state index contributed by atoms with van der Waals surface area (Å²) in [6, 6.07) is 10.6. The van der Waals surface area contributed by atoms with Gasteiger partial charge >= 0.3 is 0 Å². The van der Waals surface area contributed by atoms with Crippen molar-refractivity contribution in [3.05, 3.63) is 71.5 Å². The monoisotopic (exact) mass is 311 g/mol. The quantitative estimate of drug-likeness (QED) is 0.800. The molecule has 1 aromatic rings. The average Bonchev–Trinajstić information content (AvgIpc) is 2.82. The van der Waals surface area contributed by atoms with Crippen molar-refractivity contribution in [3.63, 3.8) is 0 Å². The van der Waals surface area contributed by atoms with E-state index in [9.17, 15) is 0 Å². The van der Waals surface area contributed by atoms with Crippen molar-refractivity contribution in [2.45, 2.75) is 19.9 Å². The third-order valence-corrected chi connectivity index (χ3v) is 4.24. The molecule has 0 amide bonds. The molecule has 2 rings (SSSR count). The zero-order valence-corrected chi connectivity index (χ0v) is 14.4. The van der Waals surface area contributed by atoms with E-state index in [1.165, 1.54) is 16.8 Å². The Balaban J connectivity index is 1.95. The first-order valence-electron chi connectivity index (χ1n) is 8.47. The van der Waals surface area contributed by atoms with Gasteiger partial charge in [-0.25, -0.2) is 0 Å². The number of benzene rings is 1. The number of nitrogens with zero attached hydrogens (tertiary/aromatic N) is 2. The Morgan fingerprint density at radius 2 is 1.87 bits per heavy atom. The van der Waals surface area contributed by atoms with Gasteiger partial charge < -0.3 is 15.5 Å². The summed E-state index contributed by atoms with van der Waals surface area (Å²) in [6.07, 6.45) is 9.56. The maximum Gasteiger partial charge on any atom is 0.0374 e. The van der Waals surface area contributed by atoms with E-state index in [1.807, 2.05) is 0 Å². The lowest BCUT2D eigenvalue weighted by Crippen LogP contribution is -2.33. The van der Waals surface area contributed by atoms with Gasteiger partial charge in [0.05, 0.1) is 0 Å².